The minimum Gasteiger partial charge on any atom is -0.392 e. The molecule has 2 fully saturated rings. The Morgan fingerprint density at radius 1 is 1.15 bits per heavy atom. The molecule has 0 spiro atoms. The third-order valence-electron chi connectivity index (χ3n) is 4.99. The first kappa shape index (κ1) is 19.1. The number of rotatable bonds is 3. The van der Waals surface area contributed by atoms with E-state index in [2.05, 4.69) is 10.2 Å². The molecule has 3 rings (SSSR count). The highest BCUT2D eigenvalue weighted by molar-refractivity contribution is 5.82. The van der Waals surface area contributed by atoms with Crippen LogP contribution in [0.25, 0.3) is 0 Å². The van der Waals surface area contributed by atoms with Gasteiger partial charge in [-0.25, -0.2) is 0 Å². The Morgan fingerprint density at radius 3 is 2.50 bits per heavy atom. The standard InChI is InChI=1S/C18H24F3N3O2/c19-18(20,21)14-4-2-13(3-5-14)12-23-6-1-7-24(9-8-23)17(26)16-10-15(25)11-22-16/h2-5,15-16,22,25H,1,6-12H2. The monoisotopic (exact) mass is 371 g/mol. The molecule has 0 aliphatic carbocycles. The molecule has 2 aliphatic heterocycles. The molecule has 0 saturated carbocycles. The molecule has 2 atom stereocenters. The maximum absolute atomic E-state index is 12.6. The van der Waals surface area contributed by atoms with Crippen molar-refractivity contribution >= 4 is 5.91 Å². The van der Waals surface area contributed by atoms with Gasteiger partial charge in [0.25, 0.3) is 0 Å². The fourth-order valence-corrected chi connectivity index (χ4v) is 3.53. The molecule has 5 nitrogen and oxygen atoms in total. The van der Waals surface area contributed by atoms with Gasteiger partial charge >= 0.3 is 6.18 Å². The van der Waals surface area contributed by atoms with Gasteiger partial charge < -0.3 is 15.3 Å². The van der Waals surface area contributed by atoms with Crippen LogP contribution in [-0.4, -0.2) is 65.7 Å². The number of β-amino-alcohol motifs (C(OH)–C–C–N with tert-alkyl or cyclic N) is 1. The Balaban J connectivity index is 1.53. The lowest BCUT2D eigenvalue weighted by atomic mass is 10.1. The van der Waals surface area contributed by atoms with E-state index in [-0.39, 0.29) is 11.9 Å². The second-order valence-corrected chi connectivity index (χ2v) is 7.00. The molecular weight excluding hydrogens is 347 g/mol. The number of carbonyl (C=O) groups excluding carboxylic acids is 1. The van der Waals surface area contributed by atoms with E-state index >= 15 is 0 Å². The zero-order chi connectivity index (χ0) is 18.7. The molecule has 2 unspecified atom stereocenters. The van der Waals surface area contributed by atoms with Crippen molar-refractivity contribution in [2.45, 2.75) is 37.7 Å². The van der Waals surface area contributed by atoms with Gasteiger partial charge in [-0.2, -0.15) is 13.2 Å². The average molecular weight is 371 g/mol. The molecule has 2 aliphatic rings. The topological polar surface area (TPSA) is 55.8 Å². The van der Waals surface area contributed by atoms with Crippen molar-refractivity contribution in [2.24, 2.45) is 0 Å². The van der Waals surface area contributed by atoms with Crippen LogP contribution in [0.1, 0.15) is 24.0 Å². The summed E-state index contributed by atoms with van der Waals surface area (Å²) in [6, 6.07) is 4.94. The first-order chi connectivity index (χ1) is 12.3. The number of amides is 1. The molecule has 8 heteroatoms. The predicted molar refractivity (Wildman–Crippen MR) is 90.3 cm³/mol. The van der Waals surface area contributed by atoms with Crippen LogP contribution in [0.15, 0.2) is 24.3 Å². The number of aliphatic hydroxyl groups is 1. The number of benzene rings is 1. The highest BCUT2D eigenvalue weighted by Crippen LogP contribution is 2.29. The number of carbonyl (C=O) groups is 1. The van der Waals surface area contributed by atoms with E-state index in [0.29, 0.717) is 39.1 Å². The van der Waals surface area contributed by atoms with Gasteiger partial charge in [-0.3, -0.25) is 9.69 Å². The largest absolute Gasteiger partial charge is 0.416 e. The minimum atomic E-state index is -4.32. The van der Waals surface area contributed by atoms with Crippen molar-refractivity contribution in [3.8, 4) is 0 Å². The highest BCUT2D eigenvalue weighted by Gasteiger charge is 2.32. The summed E-state index contributed by atoms with van der Waals surface area (Å²) in [5.74, 6) is 0.0259. The fourth-order valence-electron chi connectivity index (χ4n) is 3.53. The van der Waals surface area contributed by atoms with Crippen molar-refractivity contribution in [3.63, 3.8) is 0 Å². The van der Waals surface area contributed by atoms with Gasteiger partial charge in [0.1, 0.15) is 0 Å². The summed E-state index contributed by atoms with van der Waals surface area (Å²) in [5, 5.41) is 12.6. The van der Waals surface area contributed by atoms with Crippen LogP contribution in [0.5, 0.6) is 0 Å². The Bertz CT molecular complexity index is 621. The molecule has 1 amide bonds. The predicted octanol–water partition coefficient (Wildman–Crippen LogP) is 1.46. The van der Waals surface area contributed by atoms with E-state index in [0.717, 1.165) is 30.7 Å². The van der Waals surface area contributed by atoms with Gasteiger partial charge in [0.2, 0.25) is 5.91 Å². The molecule has 144 valence electrons. The molecule has 1 aromatic rings. The number of aliphatic hydroxyl groups excluding tert-OH is 1. The van der Waals surface area contributed by atoms with Crippen molar-refractivity contribution in [2.75, 3.05) is 32.7 Å². The summed E-state index contributed by atoms with van der Waals surface area (Å²) >= 11 is 0. The van der Waals surface area contributed by atoms with Crippen molar-refractivity contribution in [1.29, 1.82) is 0 Å². The van der Waals surface area contributed by atoms with Crippen LogP contribution in [-0.2, 0) is 17.5 Å². The second-order valence-electron chi connectivity index (χ2n) is 7.00. The summed E-state index contributed by atoms with van der Waals surface area (Å²) < 4.78 is 37.9. The van der Waals surface area contributed by atoms with Crippen LogP contribution in [0.2, 0.25) is 0 Å². The summed E-state index contributed by atoms with van der Waals surface area (Å²) in [4.78, 5) is 16.5. The number of nitrogens with zero attached hydrogens (tertiary/aromatic N) is 2. The lowest BCUT2D eigenvalue weighted by Gasteiger charge is -2.24. The van der Waals surface area contributed by atoms with Crippen molar-refractivity contribution in [3.05, 3.63) is 35.4 Å². The highest BCUT2D eigenvalue weighted by atomic mass is 19.4. The van der Waals surface area contributed by atoms with E-state index in [4.69, 9.17) is 0 Å². The van der Waals surface area contributed by atoms with Crippen LogP contribution in [0.4, 0.5) is 13.2 Å². The van der Waals surface area contributed by atoms with Gasteiger partial charge in [-0.05, 0) is 30.5 Å². The third kappa shape index (κ3) is 4.75. The average Bonchev–Trinajstić information content (AvgIpc) is 2.89. The molecule has 2 saturated heterocycles. The van der Waals surface area contributed by atoms with Crippen LogP contribution < -0.4 is 5.32 Å². The van der Waals surface area contributed by atoms with Crippen molar-refractivity contribution < 1.29 is 23.1 Å². The number of nitrogens with one attached hydrogen (secondary N) is 1. The molecule has 0 radical (unpaired) electrons. The van der Waals surface area contributed by atoms with Gasteiger partial charge in [0, 0.05) is 39.3 Å². The smallest absolute Gasteiger partial charge is 0.392 e. The van der Waals surface area contributed by atoms with E-state index in [1.165, 1.54) is 12.1 Å². The van der Waals surface area contributed by atoms with Crippen LogP contribution >= 0.6 is 0 Å². The van der Waals surface area contributed by atoms with Gasteiger partial charge in [0.15, 0.2) is 0 Å². The normalized spacial score (nSPS) is 25.3. The minimum absolute atomic E-state index is 0.0259. The zero-order valence-corrected chi connectivity index (χ0v) is 14.5. The van der Waals surface area contributed by atoms with E-state index < -0.39 is 17.8 Å². The quantitative estimate of drug-likeness (QED) is 0.845. The second kappa shape index (κ2) is 7.94. The molecule has 1 aromatic carbocycles. The first-order valence-electron chi connectivity index (χ1n) is 8.91. The van der Waals surface area contributed by atoms with E-state index in [1.54, 1.807) is 0 Å². The lowest BCUT2D eigenvalue weighted by Crippen LogP contribution is -2.45. The molecule has 0 bridgehead atoms. The Labute approximate surface area is 150 Å². The Morgan fingerprint density at radius 2 is 1.88 bits per heavy atom. The molecule has 2 N–H and O–H groups in total. The van der Waals surface area contributed by atoms with Gasteiger partial charge in [-0.15, -0.1) is 0 Å². The summed E-state index contributed by atoms with van der Waals surface area (Å²) in [5.41, 5.74) is 0.193. The summed E-state index contributed by atoms with van der Waals surface area (Å²) in [6.07, 6.45) is -3.51. The molecule has 26 heavy (non-hydrogen) atoms. The molecular formula is C18H24F3N3O2. The third-order valence-corrected chi connectivity index (χ3v) is 4.99. The number of hydrogen-bond donors (Lipinski definition) is 2. The maximum Gasteiger partial charge on any atom is 0.416 e. The zero-order valence-electron chi connectivity index (χ0n) is 14.5. The number of halogens is 3. The summed E-state index contributed by atoms with van der Waals surface area (Å²) in [7, 11) is 0. The first-order valence-corrected chi connectivity index (χ1v) is 8.91. The van der Waals surface area contributed by atoms with E-state index in [9.17, 15) is 23.1 Å². The van der Waals surface area contributed by atoms with Gasteiger partial charge in [0.05, 0.1) is 17.7 Å². The Hall–Kier alpha value is -1.64. The maximum atomic E-state index is 12.6. The number of alkyl halides is 3. The van der Waals surface area contributed by atoms with E-state index in [1.807, 2.05) is 4.90 Å². The molecule has 2 heterocycles. The SMILES string of the molecule is O=C(C1CC(O)CN1)N1CCCN(Cc2ccc(C(F)(F)F)cc2)CC1. The number of hydrogen-bond acceptors (Lipinski definition) is 4. The summed E-state index contributed by atoms with van der Waals surface area (Å²) in [6.45, 7) is 3.75. The Kier molecular flexibility index (Phi) is 5.84. The van der Waals surface area contributed by atoms with Crippen LogP contribution in [0, 0.1) is 0 Å². The van der Waals surface area contributed by atoms with Gasteiger partial charge in [-0.1, -0.05) is 12.1 Å². The van der Waals surface area contributed by atoms with Crippen LogP contribution in [0.3, 0.4) is 0 Å². The van der Waals surface area contributed by atoms with Crippen molar-refractivity contribution in [1.82, 2.24) is 15.1 Å². The molecule has 0 aromatic heterocycles. The lowest BCUT2D eigenvalue weighted by molar-refractivity contribution is -0.137. The fraction of sp³-hybridized carbons (Fsp3) is 0.611.